The summed E-state index contributed by atoms with van der Waals surface area (Å²) in [5.74, 6) is 0.785. The lowest BCUT2D eigenvalue weighted by molar-refractivity contribution is 0.174. The summed E-state index contributed by atoms with van der Waals surface area (Å²) in [4.78, 5) is 2.13. The van der Waals surface area contributed by atoms with Crippen LogP contribution in [0.3, 0.4) is 0 Å². The molecule has 16 heavy (non-hydrogen) atoms. The summed E-state index contributed by atoms with van der Waals surface area (Å²) in [7, 11) is 0. The molecule has 4 heteroatoms. The second-order valence-electron chi connectivity index (χ2n) is 3.46. The van der Waals surface area contributed by atoms with Gasteiger partial charge in [-0.1, -0.05) is 24.6 Å². The van der Waals surface area contributed by atoms with Gasteiger partial charge in [0.25, 0.3) is 0 Å². The fourth-order valence-corrected chi connectivity index (χ4v) is 1.60. The van der Waals surface area contributed by atoms with E-state index < -0.39 is 0 Å². The standard InChI is InChI=1S/C12H18ClNO2/c1-2-14(6-8-15)7-9-16-12-5-3-4-11(13)10-12/h3-5,10,15H,2,6-9H2,1H3. The monoisotopic (exact) mass is 243 g/mol. The van der Waals surface area contributed by atoms with Crippen molar-refractivity contribution in [2.45, 2.75) is 6.92 Å². The fourth-order valence-electron chi connectivity index (χ4n) is 1.42. The molecule has 1 aromatic carbocycles. The second-order valence-corrected chi connectivity index (χ2v) is 3.90. The molecule has 90 valence electrons. The van der Waals surface area contributed by atoms with Gasteiger partial charge >= 0.3 is 0 Å². The number of halogens is 1. The fraction of sp³-hybridized carbons (Fsp3) is 0.500. The normalized spacial score (nSPS) is 10.8. The van der Waals surface area contributed by atoms with E-state index in [9.17, 15) is 0 Å². The predicted molar refractivity (Wildman–Crippen MR) is 66.1 cm³/mol. The lowest BCUT2D eigenvalue weighted by atomic mass is 10.3. The Bertz CT molecular complexity index is 307. The van der Waals surface area contributed by atoms with Crippen molar-refractivity contribution in [3.63, 3.8) is 0 Å². The summed E-state index contributed by atoms with van der Waals surface area (Å²) >= 11 is 5.84. The highest BCUT2D eigenvalue weighted by Gasteiger charge is 2.01. The maximum absolute atomic E-state index is 8.82. The van der Waals surface area contributed by atoms with Crippen molar-refractivity contribution in [3.8, 4) is 5.75 Å². The van der Waals surface area contributed by atoms with E-state index in [1.165, 1.54) is 0 Å². The molecule has 0 aliphatic carbocycles. The average molecular weight is 244 g/mol. The zero-order chi connectivity index (χ0) is 11.8. The topological polar surface area (TPSA) is 32.7 Å². The zero-order valence-electron chi connectivity index (χ0n) is 9.53. The Labute approximate surface area is 102 Å². The molecule has 1 aromatic rings. The van der Waals surface area contributed by atoms with Gasteiger partial charge in [0.2, 0.25) is 0 Å². The number of hydrogen-bond donors (Lipinski definition) is 1. The van der Waals surface area contributed by atoms with Gasteiger partial charge in [0, 0.05) is 18.1 Å². The minimum atomic E-state index is 0.186. The molecule has 1 N–H and O–H groups in total. The number of ether oxygens (including phenoxy) is 1. The smallest absolute Gasteiger partial charge is 0.120 e. The third-order valence-corrected chi connectivity index (χ3v) is 2.57. The largest absolute Gasteiger partial charge is 0.492 e. The van der Waals surface area contributed by atoms with E-state index >= 15 is 0 Å². The van der Waals surface area contributed by atoms with Crippen molar-refractivity contribution >= 4 is 11.6 Å². The van der Waals surface area contributed by atoms with Gasteiger partial charge in [-0.3, -0.25) is 4.90 Å². The van der Waals surface area contributed by atoms with E-state index in [1.807, 2.05) is 18.2 Å². The number of aliphatic hydroxyl groups is 1. The molecule has 3 nitrogen and oxygen atoms in total. The van der Waals surface area contributed by atoms with Gasteiger partial charge < -0.3 is 9.84 Å². The van der Waals surface area contributed by atoms with Crippen molar-refractivity contribution in [2.75, 3.05) is 32.8 Å². The highest BCUT2D eigenvalue weighted by molar-refractivity contribution is 6.30. The molecular weight excluding hydrogens is 226 g/mol. The van der Waals surface area contributed by atoms with E-state index in [-0.39, 0.29) is 6.61 Å². The van der Waals surface area contributed by atoms with Gasteiger partial charge in [0.05, 0.1) is 6.61 Å². The van der Waals surface area contributed by atoms with Crippen LogP contribution in [0, 0.1) is 0 Å². The molecule has 0 aliphatic rings. The molecule has 0 atom stereocenters. The van der Waals surface area contributed by atoms with Crippen LogP contribution < -0.4 is 4.74 Å². The van der Waals surface area contributed by atoms with Crippen molar-refractivity contribution < 1.29 is 9.84 Å². The molecule has 0 fully saturated rings. The Morgan fingerprint density at radius 1 is 1.38 bits per heavy atom. The Hall–Kier alpha value is -0.770. The first-order chi connectivity index (χ1) is 7.76. The van der Waals surface area contributed by atoms with Crippen molar-refractivity contribution in [1.82, 2.24) is 4.90 Å². The third kappa shape index (κ3) is 4.84. The second kappa shape index (κ2) is 7.49. The van der Waals surface area contributed by atoms with Gasteiger partial charge in [-0.2, -0.15) is 0 Å². The van der Waals surface area contributed by atoms with Crippen LogP contribution in [0.4, 0.5) is 0 Å². The number of likely N-dealkylation sites (N-methyl/N-ethyl adjacent to an activating group) is 1. The van der Waals surface area contributed by atoms with Gasteiger partial charge in [-0.15, -0.1) is 0 Å². The molecular formula is C12H18ClNO2. The average Bonchev–Trinajstić information content (AvgIpc) is 2.28. The minimum absolute atomic E-state index is 0.186. The van der Waals surface area contributed by atoms with Gasteiger partial charge in [0.15, 0.2) is 0 Å². The summed E-state index contributed by atoms with van der Waals surface area (Å²) < 4.78 is 5.56. The summed E-state index contributed by atoms with van der Waals surface area (Å²) in [5, 5.41) is 9.50. The Balaban J connectivity index is 2.29. The Kier molecular flexibility index (Phi) is 6.23. The van der Waals surface area contributed by atoms with E-state index in [0.29, 0.717) is 18.2 Å². The Morgan fingerprint density at radius 3 is 2.81 bits per heavy atom. The number of hydrogen-bond acceptors (Lipinski definition) is 3. The van der Waals surface area contributed by atoms with Crippen molar-refractivity contribution in [1.29, 1.82) is 0 Å². The predicted octanol–water partition coefficient (Wildman–Crippen LogP) is 2.03. The number of nitrogens with zero attached hydrogens (tertiary/aromatic N) is 1. The highest BCUT2D eigenvalue weighted by Crippen LogP contribution is 2.16. The van der Waals surface area contributed by atoms with E-state index in [2.05, 4.69) is 11.8 Å². The first kappa shape index (κ1) is 13.3. The maximum atomic E-state index is 8.82. The van der Waals surface area contributed by atoms with Crippen molar-refractivity contribution in [2.24, 2.45) is 0 Å². The molecule has 0 unspecified atom stereocenters. The van der Waals surface area contributed by atoms with Crippen LogP contribution in [0.1, 0.15) is 6.92 Å². The molecule has 0 spiro atoms. The highest BCUT2D eigenvalue weighted by atomic mass is 35.5. The summed E-state index contributed by atoms with van der Waals surface area (Å²) in [6.45, 7) is 5.27. The number of benzene rings is 1. The lowest BCUT2D eigenvalue weighted by Crippen LogP contribution is -2.30. The molecule has 0 saturated heterocycles. The first-order valence-electron chi connectivity index (χ1n) is 5.48. The van der Waals surface area contributed by atoms with Crippen molar-refractivity contribution in [3.05, 3.63) is 29.3 Å². The summed E-state index contributed by atoms with van der Waals surface area (Å²) in [6.07, 6.45) is 0. The van der Waals surface area contributed by atoms with E-state index in [0.717, 1.165) is 18.8 Å². The van der Waals surface area contributed by atoms with Crippen LogP contribution in [0.25, 0.3) is 0 Å². The van der Waals surface area contributed by atoms with E-state index in [1.54, 1.807) is 6.07 Å². The summed E-state index contributed by atoms with van der Waals surface area (Å²) in [6, 6.07) is 7.36. The summed E-state index contributed by atoms with van der Waals surface area (Å²) in [5.41, 5.74) is 0. The van der Waals surface area contributed by atoms with Crippen LogP contribution in [-0.2, 0) is 0 Å². The van der Waals surface area contributed by atoms with Gasteiger partial charge in [-0.05, 0) is 24.7 Å². The lowest BCUT2D eigenvalue weighted by Gasteiger charge is -2.19. The van der Waals surface area contributed by atoms with E-state index in [4.69, 9.17) is 21.4 Å². The number of rotatable bonds is 7. The van der Waals surface area contributed by atoms with Gasteiger partial charge in [-0.25, -0.2) is 0 Å². The van der Waals surface area contributed by atoms with Crippen LogP contribution in [0.2, 0.25) is 5.02 Å². The van der Waals surface area contributed by atoms with Crippen LogP contribution >= 0.6 is 11.6 Å². The molecule has 0 aromatic heterocycles. The maximum Gasteiger partial charge on any atom is 0.120 e. The Morgan fingerprint density at radius 2 is 2.19 bits per heavy atom. The zero-order valence-corrected chi connectivity index (χ0v) is 10.3. The van der Waals surface area contributed by atoms with Crippen LogP contribution in [0.15, 0.2) is 24.3 Å². The molecule has 0 saturated carbocycles. The first-order valence-corrected chi connectivity index (χ1v) is 5.85. The minimum Gasteiger partial charge on any atom is -0.492 e. The van der Waals surface area contributed by atoms with Gasteiger partial charge in [0.1, 0.15) is 12.4 Å². The molecule has 0 amide bonds. The third-order valence-electron chi connectivity index (χ3n) is 2.34. The molecule has 0 heterocycles. The molecule has 0 aliphatic heterocycles. The molecule has 1 rings (SSSR count). The molecule has 0 radical (unpaired) electrons. The quantitative estimate of drug-likeness (QED) is 0.796. The molecule has 0 bridgehead atoms. The number of aliphatic hydroxyl groups excluding tert-OH is 1. The van der Waals surface area contributed by atoms with Crippen LogP contribution in [-0.4, -0.2) is 42.9 Å². The van der Waals surface area contributed by atoms with Crippen LogP contribution in [0.5, 0.6) is 5.75 Å². The SMILES string of the molecule is CCN(CCO)CCOc1cccc(Cl)c1.